The normalized spacial score (nSPS) is 38.0. The first kappa shape index (κ1) is 14.3. The van der Waals surface area contributed by atoms with Crippen LogP contribution in [0.4, 0.5) is 0 Å². The summed E-state index contributed by atoms with van der Waals surface area (Å²) in [6, 6.07) is 0. The second-order valence-electron chi connectivity index (χ2n) is 3.75. The van der Waals surface area contributed by atoms with Crippen LogP contribution in [0, 0.1) is 0 Å². The minimum Gasteiger partial charge on any atom is -0.479 e. The van der Waals surface area contributed by atoms with E-state index in [1.54, 1.807) is 0 Å². The van der Waals surface area contributed by atoms with Crippen LogP contribution >= 0.6 is 0 Å². The number of carboxylic acids is 1. The molecule has 1 fully saturated rings. The summed E-state index contributed by atoms with van der Waals surface area (Å²) in [4.78, 5) is 10.7. The number of rotatable bonds is 5. The number of nitrogens with two attached hydrogens (primary N) is 1. The maximum Gasteiger partial charge on any atom is 0.335 e. The lowest BCUT2D eigenvalue weighted by molar-refractivity contribution is -0.294. The first-order chi connectivity index (χ1) is 7.99. The highest BCUT2D eigenvalue weighted by atomic mass is 16.7. The summed E-state index contributed by atoms with van der Waals surface area (Å²) in [7, 11) is 0. The molecule has 8 heteroatoms. The van der Waals surface area contributed by atoms with Crippen molar-refractivity contribution in [2.75, 3.05) is 13.2 Å². The molecule has 0 saturated carbocycles. The van der Waals surface area contributed by atoms with Gasteiger partial charge in [-0.3, -0.25) is 0 Å². The Morgan fingerprint density at radius 2 is 1.88 bits per heavy atom. The van der Waals surface area contributed by atoms with E-state index in [1.807, 2.05) is 0 Å². The van der Waals surface area contributed by atoms with Gasteiger partial charge in [-0.05, 0) is 13.0 Å². The number of aliphatic hydroxyl groups excluding tert-OH is 3. The number of aliphatic hydroxyl groups is 3. The van der Waals surface area contributed by atoms with Crippen LogP contribution in [-0.4, -0.2) is 70.3 Å². The smallest absolute Gasteiger partial charge is 0.335 e. The Labute approximate surface area is 97.6 Å². The van der Waals surface area contributed by atoms with Gasteiger partial charge in [0.25, 0.3) is 0 Å². The number of carboxylic acid groups (broad SMARTS) is 1. The van der Waals surface area contributed by atoms with E-state index in [0.717, 1.165) is 0 Å². The fourth-order valence-corrected chi connectivity index (χ4v) is 1.47. The summed E-state index contributed by atoms with van der Waals surface area (Å²) in [6.45, 7) is 0.531. The third-order valence-electron chi connectivity index (χ3n) is 2.44. The predicted molar refractivity (Wildman–Crippen MR) is 53.9 cm³/mol. The lowest BCUT2D eigenvalue weighted by atomic mass is 9.99. The second kappa shape index (κ2) is 6.24. The van der Waals surface area contributed by atoms with E-state index >= 15 is 0 Å². The average Bonchev–Trinajstić information content (AvgIpc) is 2.29. The molecule has 8 nitrogen and oxygen atoms in total. The third-order valence-corrected chi connectivity index (χ3v) is 2.44. The van der Waals surface area contributed by atoms with Gasteiger partial charge < -0.3 is 35.6 Å². The van der Waals surface area contributed by atoms with Crippen molar-refractivity contribution < 1.29 is 34.7 Å². The van der Waals surface area contributed by atoms with Gasteiger partial charge in [0, 0.05) is 0 Å². The van der Waals surface area contributed by atoms with E-state index in [0.29, 0.717) is 13.0 Å². The van der Waals surface area contributed by atoms with Crippen LogP contribution in [0.5, 0.6) is 0 Å². The highest BCUT2D eigenvalue weighted by Gasteiger charge is 2.47. The number of ether oxygens (including phenoxy) is 2. The molecule has 0 aliphatic carbocycles. The Morgan fingerprint density at radius 1 is 1.24 bits per heavy atom. The molecule has 100 valence electrons. The summed E-state index contributed by atoms with van der Waals surface area (Å²) in [6.07, 6.45) is -7.25. The summed E-state index contributed by atoms with van der Waals surface area (Å²) >= 11 is 0. The van der Waals surface area contributed by atoms with Crippen molar-refractivity contribution in [1.29, 1.82) is 0 Å². The second-order valence-corrected chi connectivity index (χ2v) is 3.75. The van der Waals surface area contributed by atoms with Crippen molar-refractivity contribution in [3.05, 3.63) is 0 Å². The van der Waals surface area contributed by atoms with E-state index in [-0.39, 0.29) is 6.61 Å². The van der Waals surface area contributed by atoms with E-state index in [2.05, 4.69) is 0 Å². The van der Waals surface area contributed by atoms with E-state index in [1.165, 1.54) is 0 Å². The molecule has 0 aromatic heterocycles. The molecule has 17 heavy (non-hydrogen) atoms. The van der Waals surface area contributed by atoms with Crippen molar-refractivity contribution >= 4 is 5.97 Å². The SMILES string of the molecule is NCCCO[C@@H]1O[C@H](C(=O)O)[C@@H](O)[C@H](O)[C@H]1O. The molecule has 1 heterocycles. The molecular formula is C9H17NO7. The molecule has 6 N–H and O–H groups in total. The average molecular weight is 251 g/mol. The Hall–Kier alpha value is -0.770. The van der Waals surface area contributed by atoms with Crippen LogP contribution in [0.25, 0.3) is 0 Å². The van der Waals surface area contributed by atoms with Crippen LogP contribution in [0.2, 0.25) is 0 Å². The number of hydrogen-bond donors (Lipinski definition) is 5. The van der Waals surface area contributed by atoms with Gasteiger partial charge in [0.05, 0.1) is 6.61 Å². The van der Waals surface area contributed by atoms with Gasteiger partial charge >= 0.3 is 5.97 Å². The molecular weight excluding hydrogens is 234 g/mol. The van der Waals surface area contributed by atoms with E-state index < -0.39 is 36.7 Å². The van der Waals surface area contributed by atoms with E-state index in [9.17, 15) is 20.1 Å². The van der Waals surface area contributed by atoms with Gasteiger partial charge in [-0.25, -0.2) is 4.79 Å². The zero-order valence-electron chi connectivity index (χ0n) is 9.10. The Kier molecular flexibility index (Phi) is 5.25. The molecule has 0 bridgehead atoms. The molecule has 1 aliphatic heterocycles. The summed E-state index contributed by atoms with van der Waals surface area (Å²) in [5.74, 6) is -1.43. The largest absolute Gasteiger partial charge is 0.479 e. The first-order valence-electron chi connectivity index (χ1n) is 5.23. The summed E-state index contributed by atoms with van der Waals surface area (Å²) < 4.78 is 9.91. The van der Waals surface area contributed by atoms with Crippen LogP contribution in [0.1, 0.15) is 6.42 Å². The fourth-order valence-electron chi connectivity index (χ4n) is 1.47. The highest BCUT2D eigenvalue weighted by Crippen LogP contribution is 2.22. The van der Waals surface area contributed by atoms with Gasteiger partial charge in [0.15, 0.2) is 12.4 Å². The lowest BCUT2D eigenvalue weighted by Gasteiger charge is -2.38. The van der Waals surface area contributed by atoms with Gasteiger partial charge in [0.2, 0.25) is 0 Å². The summed E-state index contributed by atoms with van der Waals surface area (Å²) in [5, 5.41) is 37.1. The van der Waals surface area contributed by atoms with Gasteiger partial charge in [-0.1, -0.05) is 0 Å². The van der Waals surface area contributed by atoms with Gasteiger partial charge in [0.1, 0.15) is 18.3 Å². The van der Waals surface area contributed by atoms with Crippen molar-refractivity contribution in [2.24, 2.45) is 5.73 Å². The molecule has 1 saturated heterocycles. The Balaban J connectivity index is 2.61. The Bertz CT molecular complexity index is 262. The molecule has 0 aromatic carbocycles. The molecule has 0 aromatic rings. The number of carbonyl (C=O) groups is 1. The molecule has 5 atom stereocenters. The molecule has 0 unspecified atom stereocenters. The van der Waals surface area contributed by atoms with Gasteiger partial charge in [-0.2, -0.15) is 0 Å². The molecule has 0 spiro atoms. The number of hydrogen-bond acceptors (Lipinski definition) is 7. The zero-order valence-corrected chi connectivity index (χ0v) is 9.10. The van der Waals surface area contributed by atoms with Crippen molar-refractivity contribution in [3.63, 3.8) is 0 Å². The topological polar surface area (TPSA) is 142 Å². The van der Waals surface area contributed by atoms with Crippen molar-refractivity contribution in [3.8, 4) is 0 Å². The fraction of sp³-hybridized carbons (Fsp3) is 0.889. The zero-order chi connectivity index (χ0) is 13.0. The molecule has 1 rings (SSSR count). The lowest BCUT2D eigenvalue weighted by Crippen LogP contribution is -2.60. The maximum atomic E-state index is 10.7. The van der Waals surface area contributed by atoms with Crippen LogP contribution < -0.4 is 5.73 Å². The predicted octanol–water partition coefficient (Wildman–Crippen LogP) is -2.76. The van der Waals surface area contributed by atoms with Crippen molar-refractivity contribution in [2.45, 2.75) is 37.1 Å². The summed E-state index contributed by atoms with van der Waals surface area (Å²) in [5.41, 5.74) is 5.24. The van der Waals surface area contributed by atoms with Crippen LogP contribution in [0.15, 0.2) is 0 Å². The number of aliphatic carboxylic acids is 1. The molecule has 0 radical (unpaired) electrons. The monoisotopic (exact) mass is 251 g/mol. The Morgan fingerprint density at radius 3 is 2.41 bits per heavy atom. The van der Waals surface area contributed by atoms with E-state index in [4.69, 9.17) is 20.3 Å². The van der Waals surface area contributed by atoms with Crippen molar-refractivity contribution in [1.82, 2.24) is 0 Å². The van der Waals surface area contributed by atoms with Crippen LogP contribution in [-0.2, 0) is 14.3 Å². The third kappa shape index (κ3) is 3.35. The quantitative estimate of drug-likeness (QED) is 0.331. The first-order valence-corrected chi connectivity index (χ1v) is 5.23. The minimum atomic E-state index is -1.70. The standard InChI is InChI=1S/C9H17NO7/c10-2-1-3-16-9-6(13)4(11)5(12)7(17-9)8(14)15/h4-7,9,11-13H,1-3,10H2,(H,14,15)/t4-,5-,6+,7-,9+/m0/s1. The minimum absolute atomic E-state index is 0.160. The maximum absolute atomic E-state index is 10.7. The molecule has 0 amide bonds. The van der Waals surface area contributed by atoms with Crippen LogP contribution in [0.3, 0.4) is 0 Å². The highest BCUT2D eigenvalue weighted by molar-refractivity contribution is 5.73. The molecule has 1 aliphatic rings. The van der Waals surface area contributed by atoms with Gasteiger partial charge in [-0.15, -0.1) is 0 Å².